The van der Waals surface area contributed by atoms with Crippen molar-refractivity contribution in [3.8, 4) is 11.5 Å². The first-order valence-electron chi connectivity index (χ1n) is 12.4. The molecule has 0 saturated carbocycles. The van der Waals surface area contributed by atoms with Crippen LogP contribution in [0.4, 0.5) is 11.4 Å². The Balaban J connectivity index is 1.86. The molecule has 13 heteroatoms. The lowest BCUT2D eigenvalue weighted by atomic mass is 10.1. The van der Waals surface area contributed by atoms with Gasteiger partial charge in [0, 0.05) is 10.8 Å². The SMILES string of the molecule is CCOC(=O)CN(c1cnc(S(=O)(=O)Nc2ccc(C)cc2OC)c2ccccc12)S(=O)(=O)c1ccc(OC)cc1. The first kappa shape index (κ1) is 29.6. The van der Waals surface area contributed by atoms with E-state index in [1.165, 1.54) is 44.6 Å². The lowest BCUT2D eigenvalue weighted by molar-refractivity contribution is -0.141. The number of fused-ring (bicyclic) bond motifs is 1. The lowest BCUT2D eigenvalue weighted by Gasteiger charge is -2.25. The van der Waals surface area contributed by atoms with E-state index < -0.39 is 32.6 Å². The number of pyridine rings is 1. The molecule has 4 rings (SSSR count). The second kappa shape index (κ2) is 12.0. The summed E-state index contributed by atoms with van der Waals surface area (Å²) in [6.07, 6.45) is 1.11. The van der Waals surface area contributed by atoms with E-state index in [0.29, 0.717) is 11.5 Å². The van der Waals surface area contributed by atoms with E-state index in [4.69, 9.17) is 14.2 Å². The number of carbonyl (C=O) groups excluding carboxylic acids is 1. The van der Waals surface area contributed by atoms with E-state index in [2.05, 4.69) is 9.71 Å². The van der Waals surface area contributed by atoms with Gasteiger partial charge < -0.3 is 14.2 Å². The number of hydrogen-bond donors (Lipinski definition) is 1. The minimum atomic E-state index is -4.34. The van der Waals surface area contributed by atoms with Crippen molar-refractivity contribution in [2.45, 2.75) is 23.8 Å². The Morgan fingerprint density at radius 3 is 2.24 bits per heavy atom. The Morgan fingerprint density at radius 2 is 1.61 bits per heavy atom. The van der Waals surface area contributed by atoms with Gasteiger partial charge in [0.2, 0.25) is 0 Å². The molecule has 0 spiro atoms. The van der Waals surface area contributed by atoms with Crippen LogP contribution in [0.3, 0.4) is 0 Å². The average molecular weight is 600 g/mol. The van der Waals surface area contributed by atoms with Gasteiger partial charge in [-0.15, -0.1) is 0 Å². The number of anilines is 2. The summed E-state index contributed by atoms with van der Waals surface area (Å²) in [4.78, 5) is 16.6. The molecule has 0 aliphatic heterocycles. The monoisotopic (exact) mass is 599 g/mol. The number of esters is 1. The van der Waals surface area contributed by atoms with Crippen molar-refractivity contribution in [3.63, 3.8) is 0 Å². The fourth-order valence-corrected chi connectivity index (χ4v) is 6.77. The number of rotatable bonds is 11. The van der Waals surface area contributed by atoms with Crippen LogP contribution in [0, 0.1) is 6.92 Å². The predicted octanol–water partition coefficient (Wildman–Crippen LogP) is 4.12. The Bertz CT molecular complexity index is 1790. The highest BCUT2D eigenvalue weighted by atomic mass is 32.2. The smallest absolute Gasteiger partial charge is 0.326 e. The number of nitrogens with zero attached hydrogens (tertiary/aromatic N) is 2. The van der Waals surface area contributed by atoms with Gasteiger partial charge in [-0.3, -0.25) is 13.8 Å². The molecule has 1 aromatic heterocycles. The van der Waals surface area contributed by atoms with E-state index in [-0.39, 0.29) is 38.7 Å². The Labute approximate surface area is 238 Å². The van der Waals surface area contributed by atoms with Crippen molar-refractivity contribution in [2.75, 3.05) is 36.4 Å². The van der Waals surface area contributed by atoms with Gasteiger partial charge in [0.1, 0.15) is 18.0 Å². The molecule has 1 N–H and O–H groups in total. The van der Waals surface area contributed by atoms with E-state index >= 15 is 0 Å². The molecule has 1 heterocycles. The van der Waals surface area contributed by atoms with Crippen LogP contribution in [0.15, 0.2) is 82.8 Å². The van der Waals surface area contributed by atoms with Crippen molar-refractivity contribution in [1.29, 1.82) is 0 Å². The van der Waals surface area contributed by atoms with Crippen molar-refractivity contribution >= 4 is 48.2 Å². The normalized spacial score (nSPS) is 11.6. The number of benzene rings is 3. The van der Waals surface area contributed by atoms with Crippen LogP contribution in [-0.2, 0) is 29.6 Å². The highest BCUT2D eigenvalue weighted by Gasteiger charge is 2.31. The summed E-state index contributed by atoms with van der Waals surface area (Å²) in [6, 6.07) is 16.9. The van der Waals surface area contributed by atoms with Crippen LogP contribution >= 0.6 is 0 Å². The van der Waals surface area contributed by atoms with E-state index in [1.54, 1.807) is 43.3 Å². The topological polar surface area (TPSA) is 141 Å². The van der Waals surface area contributed by atoms with E-state index in [9.17, 15) is 21.6 Å². The minimum Gasteiger partial charge on any atom is -0.497 e. The van der Waals surface area contributed by atoms with E-state index in [1.807, 2.05) is 6.92 Å². The highest BCUT2D eigenvalue weighted by Crippen LogP contribution is 2.35. The summed E-state index contributed by atoms with van der Waals surface area (Å²) >= 11 is 0. The highest BCUT2D eigenvalue weighted by molar-refractivity contribution is 7.93. The zero-order valence-electron chi connectivity index (χ0n) is 22.8. The van der Waals surface area contributed by atoms with Crippen LogP contribution < -0.4 is 18.5 Å². The maximum atomic E-state index is 13.8. The number of hydrogen-bond acceptors (Lipinski definition) is 9. The number of sulfonamides is 2. The standard InChI is InChI=1S/C28H29N3O8S2/c1-5-39-27(32)18-31(41(35,36)21-13-11-20(37-3)12-14-21)25-17-29-28(23-9-7-6-8-22(23)25)40(33,34)30-24-15-10-19(2)16-26(24)38-4/h6-17,30H,5,18H2,1-4H3. The zero-order valence-corrected chi connectivity index (χ0v) is 24.5. The number of aromatic nitrogens is 1. The third-order valence-electron chi connectivity index (χ3n) is 6.09. The summed E-state index contributed by atoms with van der Waals surface area (Å²) in [7, 11) is -5.73. The summed E-state index contributed by atoms with van der Waals surface area (Å²) in [5.41, 5.74) is 1.08. The third-order valence-corrected chi connectivity index (χ3v) is 9.18. The Morgan fingerprint density at radius 1 is 0.927 bits per heavy atom. The minimum absolute atomic E-state index is 0.00339. The molecule has 0 atom stereocenters. The number of methoxy groups -OCH3 is 2. The molecule has 0 aliphatic rings. The van der Waals surface area contributed by atoms with Crippen LogP contribution in [-0.4, -0.2) is 55.2 Å². The molecule has 216 valence electrons. The number of carbonyl (C=O) groups is 1. The first-order valence-corrected chi connectivity index (χ1v) is 15.3. The zero-order chi connectivity index (χ0) is 29.8. The summed E-state index contributed by atoms with van der Waals surface area (Å²) in [5, 5.41) is 0.0416. The lowest BCUT2D eigenvalue weighted by Crippen LogP contribution is -2.37. The molecule has 0 saturated heterocycles. The predicted molar refractivity (Wildman–Crippen MR) is 154 cm³/mol. The number of aryl methyl sites for hydroxylation is 1. The fourth-order valence-electron chi connectivity index (χ4n) is 4.14. The molecule has 0 amide bonds. The van der Waals surface area contributed by atoms with Crippen LogP contribution in [0.25, 0.3) is 10.8 Å². The Hall–Kier alpha value is -4.36. The number of nitrogens with one attached hydrogen (secondary N) is 1. The Kier molecular flexibility index (Phi) is 8.69. The average Bonchev–Trinajstić information content (AvgIpc) is 2.96. The molecule has 41 heavy (non-hydrogen) atoms. The second-order valence-electron chi connectivity index (χ2n) is 8.80. The van der Waals surface area contributed by atoms with Crippen LogP contribution in [0.1, 0.15) is 12.5 Å². The third kappa shape index (κ3) is 6.20. The first-order chi connectivity index (χ1) is 19.5. The molecular formula is C28H29N3O8S2. The van der Waals surface area contributed by atoms with Crippen LogP contribution in [0.5, 0.6) is 11.5 Å². The molecule has 0 bridgehead atoms. The molecule has 0 radical (unpaired) electrons. The molecule has 0 unspecified atom stereocenters. The maximum Gasteiger partial charge on any atom is 0.326 e. The van der Waals surface area contributed by atoms with Crippen molar-refractivity contribution in [1.82, 2.24) is 4.98 Å². The number of ether oxygens (including phenoxy) is 3. The van der Waals surface area contributed by atoms with Crippen molar-refractivity contribution < 1.29 is 35.8 Å². The van der Waals surface area contributed by atoms with Gasteiger partial charge in [-0.05, 0) is 55.8 Å². The molecule has 4 aromatic rings. The second-order valence-corrected chi connectivity index (χ2v) is 12.3. The van der Waals surface area contributed by atoms with Gasteiger partial charge in [0.15, 0.2) is 5.03 Å². The van der Waals surface area contributed by atoms with Crippen LogP contribution in [0.2, 0.25) is 0 Å². The van der Waals surface area contributed by atoms with Gasteiger partial charge in [0.25, 0.3) is 20.0 Å². The molecule has 0 fully saturated rings. The van der Waals surface area contributed by atoms with Crippen molar-refractivity contribution in [2.24, 2.45) is 0 Å². The largest absolute Gasteiger partial charge is 0.497 e. The molecule has 0 aliphatic carbocycles. The molecule has 11 nitrogen and oxygen atoms in total. The summed E-state index contributed by atoms with van der Waals surface area (Å²) in [5.74, 6) is -0.0283. The van der Waals surface area contributed by atoms with Gasteiger partial charge in [0.05, 0.1) is 43.3 Å². The molecule has 3 aromatic carbocycles. The van der Waals surface area contributed by atoms with Gasteiger partial charge in [-0.25, -0.2) is 13.4 Å². The van der Waals surface area contributed by atoms with Gasteiger partial charge in [-0.2, -0.15) is 8.42 Å². The quantitative estimate of drug-likeness (QED) is 0.252. The van der Waals surface area contributed by atoms with Crippen molar-refractivity contribution in [3.05, 3.63) is 78.5 Å². The fraction of sp³-hybridized carbons (Fsp3) is 0.214. The summed E-state index contributed by atoms with van der Waals surface area (Å²) in [6.45, 7) is 2.82. The maximum absolute atomic E-state index is 13.8. The molecular weight excluding hydrogens is 570 g/mol. The van der Waals surface area contributed by atoms with Gasteiger partial charge in [-0.1, -0.05) is 30.3 Å². The van der Waals surface area contributed by atoms with E-state index in [0.717, 1.165) is 16.1 Å². The van der Waals surface area contributed by atoms with Gasteiger partial charge >= 0.3 is 5.97 Å². The summed E-state index contributed by atoms with van der Waals surface area (Å²) < 4.78 is 73.6.